The van der Waals surface area contributed by atoms with Crippen LogP contribution >= 0.6 is 24.2 Å². The number of rotatable bonds is 1. The number of anilines is 1. The lowest BCUT2D eigenvalue weighted by Gasteiger charge is -2.37. The van der Waals surface area contributed by atoms with Gasteiger partial charge >= 0.3 is 0 Å². The van der Waals surface area contributed by atoms with Crippen LogP contribution in [0.1, 0.15) is 24.3 Å². The first-order valence-corrected chi connectivity index (χ1v) is 6.79. The quantitative estimate of drug-likeness (QED) is 0.859. The molecule has 0 bridgehead atoms. The number of nitrogens with zero attached hydrogens (tertiary/aromatic N) is 2. The van der Waals surface area contributed by atoms with E-state index in [0.29, 0.717) is 16.8 Å². The Kier molecular flexibility index (Phi) is 5.28. The van der Waals surface area contributed by atoms with Crippen molar-refractivity contribution in [3.63, 3.8) is 0 Å². The molecule has 4 nitrogen and oxygen atoms in total. The Bertz CT molecular complexity index is 430. The smallest absolute Gasteiger partial charge is 0.272 e. The molecular weight excluding hydrogens is 270 g/mol. The molecule has 1 aromatic rings. The zero-order chi connectivity index (χ0) is 12.4. The van der Waals surface area contributed by atoms with Crippen molar-refractivity contribution in [2.24, 2.45) is 0 Å². The average molecular weight is 288 g/mol. The monoisotopic (exact) mass is 287 g/mol. The number of pyridine rings is 1. The highest BCUT2D eigenvalue weighted by Crippen LogP contribution is 2.25. The van der Waals surface area contributed by atoms with E-state index in [1.165, 1.54) is 0 Å². The van der Waals surface area contributed by atoms with Crippen molar-refractivity contribution in [3.05, 3.63) is 23.9 Å². The fraction of sp³-hybridized carbons (Fsp3) is 0.500. The van der Waals surface area contributed by atoms with Crippen molar-refractivity contribution < 1.29 is 4.79 Å². The van der Waals surface area contributed by atoms with Gasteiger partial charge in [0.1, 0.15) is 11.5 Å². The van der Waals surface area contributed by atoms with Crippen LogP contribution in [0.4, 0.5) is 5.82 Å². The predicted molar refractivity (Wildman–Crippen MR) is 78.3 cm³/mol. The van der Waals surface area contributed by atoms with Crippen molar-refractivity contribution in [1.82, 2.24) is 9.88 Å². The summed E-state index contributed by atoms with van der Waals surface area (Å²) in [6.45, 7) is 5.02. The number of carbonyl (C=O) groups excluding carboxylic acids is 1. The molecule has 1 saturated heterocycles. The average Bonchev–Trinajstić information content (AvgIpc) is 2.32. The summed E-state index contributed by atoms with van der Waals surface area (Å²) in [7, 11) is 0. The molecule has 100 valence electrons. The van der Waals surface area contributed by atoms with E-state index in [-0.39, 0.29) is 24.4 Å². The molecule has 2 rings (SSSR count). The predicted octanol–water partition coefficient (Wildman–Crippen LogP) is 2.05. The number of amides is 1. The maximum atomic E-state index is 12.3. The first-order valence-electron chi connectivity index (χ1n) is 5.74. The molecule has 0 aliphatic carbocycles. The van der Waals surface area contributed by atoms with Crippen molar-refractivity contribution in [2.75, 3.05) is 18.0 Å². The van der Waals surface area contributed by atoms with Gasteiger partial charge in [-0.15, -0.1) is 12.4 Å². The number of carbonyl (C=O) groups is 1. The second kappa shape index (κ2) is 6.29. The van der Waals surface area contributed by atoms with Crippen LogP contribution in [0.25, 0.3) is 0 Å². The lowest BCUT2D eigenvalue weighted by Crippen LogP contribution is -2.48. The van der Waals surface area contributed by atoms with Gasteiger partial charge in [-0.3, -0.25) is 4.79 Å². The van der Waals surface area contributed by atoms with Crippen LogP contribution < -0.4 is 5.73 Å². The van der Waals surface area contributed by atoms with Crippen LogP contribution in [-0.4, -0.2) is 39.4 Å². The third kappa shape index (κ3) is 3.09. The van der Waals surface area contributed by atoms with E-state index in [1.54, 1.807) is 18.2 Å². The minimum atomic E-state index is -0.0167. The summed E-state index contributed by atoms with van der Waals surface area (Å²) < 4.78 is 0. The second-order valence-electron chi connectivity index (χ2n) is 4.26. The fourth-order valence-corrected chi connectivity index (χ4v) is 3.04. The maximum absolute atomic E-state index is 12.3. The second-order valence-corrected chi connectivity index (χ2v) is 5.75. The van der Waals surface area contributed by atoms with E-state index in [0.717, 1.165) is 12.3 Å². The lowest BCUT2D eigenvalue weighted by atomic mass is 10.2. The lowest BCUT2D eigenvalue weighted by molar-refractivity contribution is 0.0692. The number of aromatic nitrogens is 1. The number of nitrogens with two attached hydrogens (primary N) is 1. The number of halogens is 1. The van der Waals surface area contributed by atoms with Crippen LogP contribution in [0.15, 0.2) is 18.2 Å². The molecule has 2 heterocycles. The van der Waals surface area contributed by atoms with Gasteiger partial charge in [0.05, 0.1) is 0 Å². The van der Waals surface area contributed by atoms with Gasteiger partial charge in [0.15, 0.2) is 0 Å². The van der Waals surface area contributed by atoms with E-state index < -0.39 is 0 Å². The SMILES string of the molecule is CC1SCCN(C(=O)c2cccc(N)n2)C1C.Cl. The van der Waals surface area contributed by atoms with Gasteiger partial charge in [-0.2, -0.15) is 11.8 Å². The van der Waals surface area contributed by atoms with E-state index in [2.05, 4.69) is 18.8 Å². The van der Waals surface area contributed by atoms with E-state index >= 15 is 0 Å². The Morgan fingerprint density at radius 3 is 2.89 bits per heavy atom. The Morgan fingerprint density at radius 1 is 1.50 bits per heavy atom. The molecule has 1 aromatic heterocycles. The van der Waals surface area contributed by atoms with E-state index in [9.17, 15) is 4.79 Å². The van der Waals surface area contributed by atoms with Crippen molar-refractivity contribution in [2.45, 2.75) is 25.1 Å². The van der Waals surface area contributed by atoms with E-state index in [1.807, 2.05) is 16.7 Å². The molecule has 0 spiro atoms. The molecule has 2 unspecified atom stereocenters. The number of nitrogen functional groups attached to an aromatic ring is 1. The zero-order valence-corrected chi connectivity index (χ0v) is 12.1. The fourth-order valence-electron chi connectivity index (χ4n) is 1.94. The highest BCUT2D eigenvalue weighted by Gasteiger charge is 2.29. The number of thioether (sulfide) groups is 1. The summed E-state index contributed by atoms with van der Waals surface area (Å²) in [6, 6.07) is 5.42. The standard InChI is InChI=1S/C12H17N3OS.ClH/c1-8-9(2)17-7-6-15(8)12(16)10-4-3-5-11(13)14-10;/h3-5,8-9H,6-7H2,1-2H3,(H2,13,14);1H. The van der Waals surface area contributed by atoms with Gasteiger partial charge in [0, 0.05) is 23.6 Å². The van der Waals surface area contributed by atoms with Crippen molar-refractivity contribution in [3.8, 4) is 0 Å². The van der Waals surface area contributed by atoms with Crippen LogP contribution in [0.2, 0.25) is 0 Å². The summed E-state index contributed by atoms with van der Waals surface area (Å²) in [5.74, 6) is 1.36. The molecule has 1 aliphatic heterocycles. The van der Waals surface area contributed by atoms with E-state index in [4.69, 9.17) is 5.73 Å². The van der Waals surface area contributed by atoms with Crippen LogP contribution in [-0.2, 0) is 0 Å². The molecule has 2 N–H and O–H groups in total. The van der Waals surface area contributed by atoms with Gasteiger partial charge in [-0.05, 0) is 19.1 Å². The maximum Gasteiger partial charge on any atom is 0.272 e. The topological polar surface area (TPSA) is 59.2 Å². The summed E-state index contributed by atoms with van der Waals surface area (Å²) in [5, 5.41) is 0.466. The van der Waals surface area contributed by atoms with Gasteiger partial charge in [0.25, 0.3) is 5.91 Å². The first kappa shape index (κ1) is 15.1. The zero-order valence-electron chi connectivity index (χ0n) is 10.5. The van der Waals surface area contributed by atoms with Gasteiger partial charge in [-0.1, -0.05) is 13.0 Å². The highest BCUT2D eigenvalue weighted by molar-refractivity contribution is 8.00. The Morgan fingerprint density at radius 2 is 2.22 bits per heavy atom. The molecule has 0 radical (unpaired) electrons. The molecule has 18 heavy (non-hydrogen) atoms. The Balaban J connectivity index is 0.00000162. The summed E-state index contributed by atoms with van der Waals surface area (Å²) in [4.78, 5) is 18.3. The van der Waals surface area contributed by atoms with Crippen molar-refractivity contribution in [1.29, 1.82) is 0 Å². The van der Waals surface area contributed by atoms with Crippen LogP contribution in [0.5, 0.6) is 0 Å². The van der Waals surface area contributed by atoms with Gasteiger partial charge in [-0.25, -0.2) is 4.98 Å². The molecule has 2 atom stereocenters. The van der Waals surface area contributed by atoms with Crippen molar-refractivity contribution >= 4 is 35.9 Å². The molecule has 1 aliphatic rings. The molecule has 1 amide bonds. The molecule has 6 heteroatoms. The molecule has 1 fully saturated rings. The van der Waals surface area contributed by atoms with Gasteiger partial charge in [0.2, 0.25) is 0 Å². The Hall–Kier alpha value is -0.940. The summed E-state index contributed by atoms with van der Waals surface area (Å²) >= 11 is 1.91. The Labute approximate surface area is 118 Å². The minimum Gasteiger partial charge on any atom is -0.384 e. The third-order valence-corrected chi connectivity index (χ3v) is 4.47. The molecule has 0 saturated carbocycles. The van der Waals surface area contributed by atoms with Crippen LogP contribution in [0, 0.1) is 0 Å². The molecule has 0 aromatic carbocycles. The summed E-state index contributed by atoms with van der Waals surface area (Å²) in [6.07, 6.45) is 0. The summed E-state index contributed by atoms with van der Waals surface area (Å²) in [5.41, 5.74) is 6.04. The van der Waals surface area contributed by atoms with Gasteiger partial charge < -0.3 is 10.6 Å². The highest BCUT2D eigenvalue weighted by atomic mass is 35.5. The largest absolute Gasteiger partial charge is 0.384 e. The third-order valence-electron chi connectivity index (χ3n) is 3.13. The minimum absolute atomic E-state index is 0. The first-order chi connectivity index (χ1) is 8.09. The normalized spacial score (nSPS) is 23.3. The van der Waals surface area contributed by atoms with Crippen LogP contribution in [0.3, 0.4) is 0 Å². The number of hydrogen-bond acceptors (Lipinski definition) is 4. The number of hydrogen-bond donors (Lipinski definition) is 1. The molecular formula is C12H18ClN3OS.